The number of alkyl halides is 3. The monoisotopic (exact) mass is 312 g/mol. The first-order valence-electron chi connectivity index (χ1n) is 6.39. The zero-order valence-corrected chi connectivity index (χ0v) is 11.4. The predicted octanol–water partition coefficient (Wildman–Crippen LogP) is 4.24. The fourth-order valence-corrected chi connectivity index (χ4v) is 1.83. The first-order chi connectivity index (χ1) is 10.4. The van der Waals surface area contributed by atoms with Crippen LogP contribution >= 0.6 is 0 Å². The molecule has 0 aliphatic rings. The Hall–Kier alpha value is -2.21. The van der Waals surface area contributed by atoms with Gasteiger partial charge in [0.1, 0.15) is 12.4 Å². The number of halogens is 4. The van der Waals surface area contributed by atoms with Crippen LogP contribution in [-0.2, 0) is 17.5 Å². The molecule has 0 radical (unpaired) electrons. The summed E-state index contributed by atoms with van der Waals surface area (Å²) in [5, 5.41) is 0. The number of ether oxygens (including phenoxy) is 1. The topological polar surface area (TPSA) is 26.3 Å². The summed E-state index contributed by atoms with van der Waals surface area (Å²) >= 11 is 0. The second-order valence-corrected chi connectivity index (χ2v) is 4.63. The van der Waals surface area contributed by atoms with Gasteiger partial charge in [-0.3, -0.25) is 4.79 Å². The summed E-state index contributed by atoms with van der Waals surface area (Å²) in [6, 6.07) is 10.7. The molecule has 2 aromatic carbocycles. The van der Waals surface area contributed by atoms with Crippen molar-refractivity contribution >= 4 is 5.78 Å². The summed E-state index contributed by atoms with van der Waals surface area (Å²) < 4.78 is 56.1. The molecule has 0 fully saturated rings. The molecule has 0 saturated heterocycles. The minimum absolute atomic E-state index is 0.147. The maximum atomic E-state index is 13.2. The number of ketones is 1. The fraction of sp³-hybridized carbons (Fsp3) is 0.188. The Bertz CT molecular complexity index is 651. The van der Waals surface area contributed by atoms with Crippen molar-refractivity contribution in [3.05, 3.63) is 71.0 Å². The third kappa shape index (κ3) is 4.39. The van der Waals surface area contributed by atoms with Gasteiger partial charge >= 0.3 is 6.18 Å². The molecular formula is C16H12F4O2. The number of carbonyl (C=O) groups excluding carboxylic acids is 1. The van der Waals surface area contributed by atoms with E-state index in [0.29, 0.717) is 12.1 Å². The van der Waals surface area contributed by atoms with E-state index in [-0.39, 0.29) is 12.2 Å². The molecule has 0 spiro atoms. The summed E-state index contributed by atoms with van der Waals surface area (Å²) in [5.74, 6) is -1.82. The Kier molecular flexibility index (Phi) is 4.92. The maximum Gasteiger partial charge on any atom is 0.416 e. The number of rotatable bonds is 5. The van der Waals surface area contributed by atoms with Crippen LogP contribution < -0.4 is 0 Å². The molecule has 0 saturated carbocycles. The minimum atomic E-state index is -4.71. The third-order valence-corrected chi connectivity index (χ3v) is 2.89. The highest BCUT2D eigenvalue weighted by molar-refractivity contribution is 5.97. The van der Waals surface area contributed by atoms with Crippen molar-refractivity contribution < 1.29 is 27.1 Å². The van der Waals surface area contributed by atoms with Crippen LogP contribution in [0.5, 0.6) is 0 Å². The van der Waals surface area contributed by atoms with E-state index >= 15 is 0 Å². The third-order valence-electron chi connectivity index (χ3n) is 2.89. The van der Waals surface area contributed by atoms with E-state index < -0.39 is 29.9 Å². The van der Waals surface area contributed by atoms with E-state index in [9.17, 15) is 22.4 Å². The molecule has 2 aromatic rings. The smallest absolute Gasteiger partial charge is 0.369 e. The zero-order chi connectivity index (χ0) is 16.2. The summed E-state index contributed by atoms with van der Waals surface area (Å²) in [7, 11) is 0. The van der Waals surface area contributed by atoms with E-state index in [0.717, 1.165) is 11.6 Å². The molecule has 0 amide bonds. The van der Waals surface area contributed by atoms with E-state index in [1.54, 1.807) is 24.3 Å². The van der Waals surface area contributed by atoms with Gasteiger partial charge in [-0.2, -0.15) is 13.2 Å². The lowest BCUT2D eigenvalue weighted by Crippen LogP contribution is -2.12. The summed E-state index contributed by atoms with van der Waals surface area (Å²) in [6.07, 6.45) is -4.71. The van der Waals surface area contributed by atoms with Crippen molar-refractivity contribution in [2.45, 2.75) is 12.8 Å². The normalized spacial score (nSPS) is 11.5. The molecule has 0 bridgehead atoms. The van der Waals surface area contributed by atoms with E-state index in [4.69, 9.17) is 4.74 Å². The Morgan fingerprint density at radius 1 is 1.05 bits per heavy atom. The molecule has 116 valence electrons. The molecule has 22 heavy (non-hydrogen) atoms. The molecule has 0 heterocycles. The fourth-order valence-electron chi connectivity index (χ4n) is 1.83. The SMILES string of the molecule is O=C(COCc1ccccc1)c1cc(F)cc(C(F)(F)F)c1. The lowest BCUT2D eigenvalue weighted by atomic mass is 10.1. The highest BCUT2D eigenvalue weighted by Gasteiger charge is 2.31. The molecule has 0 aliphatic heterocycles. The molecule has 2 rings (SSSR count). The molecule has 2 nitrogen and oxygen atoms in total. The molecule has 0 aliphatic carbocycles. The van der Waals surface area contributed by atoms with Crippen molar-refractivity contribution in [1.82, 2.24) is 0 Å². The summed E-state index contributed by atoms with van der Waals surface area (Å²) in [5.41, 5.74) is -0.732. The standard InChI is InChI=1S/C16H12F4O2/c17-14-7-12(6-13(8-14)16(18,19)20)15(21)10-22-9-11-4-2-1-3-5-11/h1-8H,9-10H2. The Morgan fingerprint density at radius 2 is 1.73 bits per heavy atom. The van der Waals surface area contributed by atoms with Crippen molar-refractivity contribution in [3.8, 4) is 0 Å². The van der Waals surface area contributed by atoms with Crippen LogP contribution in [-0.4, -0.2) is 12.4 Å². The number of carbonyl (C=O) groups is 1. The van der Waals surface area contributed by atoms with Gasteiger partial charge in [-0.1, -0.05) is 30.3 Å². The second-order valence-electron chi connectivity index (χ2n) is 4.63. The maximum absolute atomic E-state index is 13.2. The number of benzene rings is 2. The minimum Gasteiger partial charge on any atom is -0.369 e. The quantitative estimate of drug-likeness (QED) is 0.609. The Balaban J connectivity index is 2.02. The van der Waals surface area contributed by atoms with Crippen LogP contribution in [0.15, 0.2) is 48.5 Å². The van der Waals surface area contributed by atoms with Gasteiger partial charge in [-0.15, -0.1) is 0 Å². The highest BCUT2D eigenvalue weighted by Crippen LogP contribution is 2.30. The van der Waals surface area contributed by atoms with Crippen LogP contribution in [0.4, 0.5) is 17.6 Å². The van der Waals surface area contributed by atoms with Crippen molar-refractivity contribution in [3.63, 3.8) is 0 Å². The van der Waals surface area contributed by atoms with Crippen molar-refractivity contribution in [2.75, 3.05) is 6.61 Å². The van der Waals surface area contributed by atoms with Gasteiger partial charge < -0.3 is 4.74 Å². The van der Waals surface area contributed by atoms with Gasteiger partial charge in [0.2, 0.25) is 0 Å². The first-order valence-corrected chi connectivity index (χ1v) is 6.39. The highest BCUT2D eigenvalue weighted by atomic mass is 19.4. The summed E-state index contributed by atoms with van der Waals surface area (Å²) in [6.45, 7) is -0.274. The Labute approximate surface area is 124 Å². The number of Topliss-reactive ketones (excluding diaryl/α,β-unsaturated/α-hetero) is 1. The molecule has 6 heteroatoms. The molecule has 0 atom stereocenters. The zero-order valence-electron chi connectivity index (χ0n) is 11.4. The average molecular weight is 312 g/mol. The van der Waals surface area contributed by atoms with Gasteiger partial charge in [0.05, 0.1) is 12.2 Å². The van der Waals surface area contributed by atoms with Crippen molar-refractivity contribution in [1.29, 1.82) is 0 Å². The lowest BCUT2D eigenvalue weighted by Gasteiger charge is -2.09. The van der Waals surface area contributed by atoms with Crippen LogP contribution in [0.3, 0.4) is 0 Å². The number of hydrogen-bond acceptors (Lipinski definition) is 2. The van der Waals surface area contributed by atoms with Crippen molar-refractivity contribution in [2.24, 2.45) is 0 Å². The first kappa shape index (κ1) is 16.2. The van der Waals surface area contributed by atoms with Crippen LogP contribution in [0.2, 0.25) is 0 Å². The Morgan fingerprint density at radius 3 is 2.36 bits per heavy atom. The van der Waals surface area contributed by atoms with Crippen LogP contribution in [0.25, 0.3) is 0 Å². The van der Waals surface area contributed by atoms with E-state index in [2.05, 4.69) is 0 Å². The van der Waals surface area contributed by atoms with Gasteiger partial charge in [-0.05, 0) is 23.8 Å². The molecule has 0 N–H and O–H groups in total. The molecule has 0 aromatic heterocycles. The van der Waals surface area contributed by atoms with Crippen LogP contribution in [0, 0.1) is 5.82 Å². The van der Waals surface area contributed by atoms with Gasteiger partial charge in [0.15, 0.2) is 5.78 Å². The van der Waals surface area contributed by atoms with E-state index in [1.807, 2.05) is 6.07 Å². The van der Waals surface area contributed by atoms with Gasteiger partial charge in [0, 0.05) is 5.56 Å². The lowest BCUT2D eigenvalue weighted by molar-refractivity contribution is -0.137. The average Bonchev–Trinajstić information content (AvgIpc) is 2.46. The van der Waals surface area contributed by atoms with Gasteiger partial charge in [-0.25, -0.2) is 4.39 Å². The predicted molar refractivity (Wildman–Crippen MR) is 71.8 cm³/mol. The van der Waals surface area contributed by atoms with Gasteiger partial charge in [0.25, 0.3) is 0 Å². The number of hydrogen-bond donors (Lipinski definition) is 0. The summed E-state index contributed by atoms with van der Waals surface area (Å²) in [4.78, 5) is 11.8. The second kappa shape index (κ2) is 6.70. The largest absolute Gasteiger partial charge is 0.416 e. The molecular weight excluding hydrogens is 300 g/mol. The van der Waals surface area contributed by atoms with Crippen LogP contribution in [0.1, 0.15) is 21.5 Å². The van der Waals surface area contributed by atoms with E-state index in [1.165, 1.54) is 0 Å². The molecule has 0 unspecified atom stereocenters.